The summed E-state index contributed by atoms with van der Waals surface area (Å²) in [7, 11) is 0. The Balaban J connectivity index is 1.17. The molecule has 2 aromatic carbocycles. The maximum Gasteiger partial charge on any atom is 0.244 e. The Bertz CT molecular complexity index is 1400. The van der Waals surface area contributed by atoms with Crippen LogP contribution in [0.4, 0.5) is 0 Å². The van der Waals surface area contributed by atoms with Crippen LogP contribution in [-0.4, -0.2) is 15.9 Å². The van der Waals surface area contributed by atoms with Crippen molar-refractivity contribution in [3.8, 4) is 22.8 Å². The molecule has 3 aromatic heterocycles. The van der Waals surface area contributed by atoms with Gasteiger partial charge in [0.15, 0.2) is 11.2 Å². The van der Waals surface area contributed by atoms with Gasteiger partial charge in [0.25, 0.3) is 0 Å². The van der Waals surface area contributed by atoms with Crippen molar-refractivity contribution in [2.24, 2.45) is 0 Å². The minimum atomic E-state index is -0.203. The number of carbonyl (C=O) groups excluding carboxylic acids is 1. The smallest absolute Gasteiger partial charge is 0.244 e. The lowest BCUT2D eigenvalue weighted by Crippen LogP contribution is -2.20. The SMILES string of the molecule is O=C(/C=C/c1ccc(-c2ccc(Br)cc2)o1)NCc1ccc(-c2nc3ncccc3o2)cc1. The van der Waals surface area contributed by atoms with Crippen LogP contribution in [0, 0.1) is 0 Å². The zero-order chi connectivity index (χ0) is 22.6. The molecule has 1 N–H and O–H groups in total. The highest BCUT2D eigenvalue weighted by molar-refractivity contribution is 9.10. The minimum Gasteiger partial charge on any atom is -0.457 e. The Kier molecular flexibility index (Phi) is 5.87. The first kappa shape index (κ1) is 20.9. The van der Waals surface area contributed by atoms with Crippen LogP contribution in [0.5, 0.6) is 0 Å². The highest BCUT2D eigenvalue weighted by Gasteiger charge is 2.09. The first-order chi connectivity index (χ1) is 16.1. The van der Waals surface area contributed by atoms with Crippen LogP contribution >= 0.6 is 15.9 Å². The second kappa shape index (κ2) is 9.26. The predicted molar refractivity (Wildman–Crippen MR) is 130 cm³/mol. The van der Waals surface area contributed by atoms with Crippen molar-refractivity contribution in [2.75, 3.05) is 0 Å². The van der Waals surface area contributed by atoms with Crippen LogP contribution in [0.25, 0.3) is 40.1 Å². The number of carbonyl (C=O) groups is 1. The molecule has 0 spiro atoms. The number of halogens is 1. The van der Waals surface area contributed by atoms with E-state index in [-0.39, 0.29) is 5.91 Å². The maximum absolute atomic E-state index is 12.2. The van der Waals surface area contributed by atoms with Crippen molar-refractivity contribution in [1.82, 2.24) is 15.3 Å². The Morgan fingerprint density at radius 1 is 0.939 bits per heavy atom. The lowest BCUT2D eigenvalue weighted by atomic mass is 10.1. The number of furan rings is 1. The number of benzene rings is 2. The molecule has 0 saturated heterocycles. The molecule has 33 heavy (non-hydrogen) atoms. The Morgan fingerprint density at radius 3 is 2.52 bits per heavy atom. The van der Waals surface area contributed by atoms with Crippen molar-refractivity contribution in [3.05, 3.63) is 101 Å². The van der Waals surface area contributed by atoms with Gasteiger partial charge in [0.05, 0.1) is 0 Å². The molecule has 0 unspecified atom stereocenters. The largest absolute Gasteiger partial charge is 0.457 e. The number of hydrogen-bond acceptors (Lipinski definition) is 5. The number of nitrogens with zero attached hydrogens (tertiary/aromatic N) is 2. The van der Waals surface area contributed by atoms with Gasteiger partial charge in [-0.2, -0.15) is 4.98 Å². The summed E-state index contributed by atoms with van der Waals surface area (Å²) >= 11 is 3.42. The molecule has 0 radical (unpaired) electrons. The van der Waals surface area contributed by atoms with E-state index in [9.17, 15) is 4.79 Å². The zero-order valence-corrected chi connectivity index (χ0v) is 19.0. The molecule has 0 aliphatic rings. The molecule has 0 aliphatic heterocycles. The van der Waals surface area contributed by atoms with E-state index < -0.39 is 0 Å². The predicted octanol–water partition coefficient (Wildman–Crippen LogP) is 6.24. The summed E-state index contributed by atoms with van der Waals surface area (Å²) in [5, 5.41) is 2.87. The van der Waals surface area contributed by atoms with E-state index >= 15 is 0 Å². The second-order valence-electron chi connectivity index (χ2n) is 7.30. The van der Waals surface area contributed by atoms with Gasteiger partial charge in [-0.3, -0.25) is 4.79 Å². The quantitative estimate of drug-likeness (QED) is 0.279. The van der Waals surface area contributed by atoms with E-state index in [4.69, 9.17) is 8.83 Å². The summed E-state index contributed by atoms with van der Waals surface area (Å²) in [6.07, 6.45) is 4.80. The first-order valence-corrected chi connectivity index (χ1v) is 11.1. The molecule has 0 saturated carbocycles. The van der Waals surface area contributed by atoms with Crippen LogP contribution in [-0.2, 0) is 11.3 Å². The molecule has 0 fully saturated rings. The number of oxazole rings is 1. The Labute approximate surface area is 198 Å². The molecule has 0 aliphatic carbocycles. The number of pyridine rings is 1. The summed E-state index contributed by atoms with van der Waals surface area (Å²) in [6, 6.07) is 22.9. The third-order valence-corrected chi connectivity index (χ3v) is 5.52. The molecule has 5 rings (SSSR count). The van der Waals surface area contributed by atoms with Crippen LogP contribution in [0.3, 0.4) is 0 Å². The molecule has 0 atom stereocenters. The van der Waals surface area contributed by atoms with Gasteiger partial charge < -0.3 is 14.2 Å². The minimum absolute atomic E-state index is 0.203. The van der Waals surface area contributed by atoms with Crippen molar-refractivity contribution in [3.63, 3.8) is 0 Å². The average Bonchev–Trinajstić information content (AvgIpc) is 3.49. The maximum atomic E-state index is 12.2. The topological polar surface area (TPSA) is 81.2 Å². The first-order valence-electron chi connectivity index (χ1n) is 10.3. The molecule has 7 heteroatoms. The van der Waals surface area contributed by atoms with E-state index in [1.54, 1.807) is 12.3 Å². The van der Waals surface area contributed by atoms with Gasteiger partial charge in [0, 0.05) is 34.4 Å². The number of aromatic nitrogens is 2. The Hall–Kier alpha value is -3.97. The number of rotatable bonds is 6. The van der Waals surface area contributed by atoms with Gasteiger partial charge in [-0.15, -0.1) is 0 Å². The van der Waals surface area contributed by atoms with E-state index in [1.165, 1.54) is 6.08 Å². The van der Waals surface area contributed by atoms with Gasteiger partial charge in [-0.1, -0.05) is 40.2 Å². The number of nitrogens with one attached hydrogen (secondary N) is 1. The van der Waals surface area contributed by atoms with Gasteiger partial charge in [0.1, 0.15) is 11.5 Å². The molecule has 0 bridgehead atoms. The lowest BCUT2D eigenvalue weighted by Gasteiger charge is -2.03. The summed E-state index contributed by atoms with van der Waals surface area (Å²) in [4.78, 5) is 20.8. The lowest BCUT2D eigenvalue weighted by molar-refractivity contribution is -0.116. The summed E-state index contributed by atoms with van der Waals surface area (Å²) < 4.78 is 12.5. The van der Waals surface area contributed by atoms with E-state index in [0.717, 1.165) is 26.9 Å². The second-order valence-corrected chi connectivity index (χ2v) is 8.22. The number of fused-ring (bicyclic) bond motifs is 1. The Morgan fingerprint density at radius 2 is 1.73 bits per heavy atom. The number of hydrogen-bond donors (Lipinski definition) is 1. The fourth-order valence-electron chi connectivity index (χ4n) is 3.28. The standard InChI is InChI=1S/C26H18BrN3O3/c27-20-9-7-18(8-10-20)22-13-11-21(32-22)12-14-24(31)29-16-17-3-5-19(6-4-17)26-30-25-23(33-26)2-1-15-28-25/h1-15H,16H2,(H,29,31)/b14-12+. The highest BCUT2D eigenvalue weighted by Crippen LogP contribution is 2.25. The van der Waals surface area contributed by atoms with Crippen molar-refractivity contribution < 1.29 is 13.6 Å². The number of amides is 1. The summed E-state index contributed by atoms with van der Waals surface area (Å²) in [5.41, 5.74) is 4.01. The third-order valence-electron chi connectivity index (χ3n) is 4.99. The molecular weight excluding hydrogens is 482 g/mol. The molecule has 5 aromatic rings. The van der Waals surface area contributed by atoms with Crippen molar-refractivity contribution in [2.45, 2.75) is 6.54 Å². The van der Waals surface area contributed by atoms with Gasteiger partial charge in [0.2, 0.25) is 11.8 Å². The van der Waals surface area contributed by atoms with Crippen LogP contribution < -0.4 is 5.32 Å². The average molecular weight is 500 g/mol. The molecule has 3 heterocycles. The van der Waals surface area contributed by atoms with E-state index in [0.29, 0.717) is 29.4 Å². The molecular formula is C26H18BrN3O3. The molecule has 162 valence electrons. The molecule has 6 nitrogen and oxygen atoms in total. The van der Waals surface area contributed by atoms with E-state index in [1.807, 2.05) is 72.8 Å². The normalized spacial score (nSPS) is 11.3. The van der Waals surface area contributed by atoms with E-state index in [2.05, 4.69) is 31.2 Å². The summed E-state index contributed by atoms with van der Waals surface area (Å²) in [6.45, 7) is 0.404. The fourth-order valence-corrected chi connectivity index (χ4v) is 3.54. The molecule has 1 amide bonds. The van der Waals surface area contributed by atoms with Crippen molar-refractivity contribution >= 4 is 39.1 Å². The van der Waals surface area contributed by atoms with Gasteiger partial charge in [-0.05, 0) is 60.2 Å². The zero-order valence-electron chi connectivity index (χ0n) is 17.4. The van der Waals surface area contributed by atoms with Gasteiger partial charge in [-0.25, -0.2) is 4.98 Å². The monoisotopic (exact) mass is 499 g/mol. The van der Waals surface area contributed by atoms with Crippen LogP contribution in [0.1, 0.15) is 11.3 Å². The van der Waals surface area contributed by atoms with Crippen LogP contribution in [0.2, 0.25) is 0 Å². The highest BCUT2D eigenvalue weighted by atomic mass is 79.9. The third kappa shape index (κ3) is 4.94. The van der Waals surface area contributed by atoms with Crippen molar-refractivity contribution in [1.29, 1.82) is 0 Å². The fraction of sp³-hybridized carbons (Fsp3) is 0.0385. The van der Waals surface area contributed by atoms with Gasteiger partial charge >= 0.3 is 0 Å². The summed E-state index contributed by atoms with van der Waals surface area (Å²) in [5.74, 6) is 1.67. The van der Waals surface area contributed by atoms with Crippen LogP contribution in [0.15, 0.2) is 98.4 Å².